The van der Waals surface area contributed by atoms with E-state index in [1.54, 1.807) is 0 Å². The fraction of sp³-hybridized carbons (Fsp3) is 0.929. The van der Waals surface area contributed by atoms with Crippen molar-refractivity contribution >= 4 is 30.7 Å². The number of carbonyl (C=O) groups is 1. The number of nitrogens with one attached hydrogen (secondary N) is 1. The summed E-state index contributed by atoms with van der Waals surface area (Å²) in [6.07, 6.45) is 4.50. The number of halogens is 2. The van der Waals surface area contributed by atoms with Gasteiger partial charge in [-0.25, -0.2) is 0 Å². The first-order chi connectivity index (χ1) is 8.54. The number of nitrogens with zero attached hydrogens (tertiary/aromatic N) is 1. The van der Waals surface area contributed by atoms with E-state index in [1.165, 1.54) is 19.3 Å². The van der Waals surface area contributed by atoms with Gasteiger partial charge in [0.25, 0.3) is 0 Å². The summed E-state index contributed by atoms with van der Waals surface area (Å²) in [5.41, 5.74) is 5.88. The number of amides is 1. The highest BCUT2D eigenvalue weighted by Crippen LogP contribution is 2.15. The summed E-state index contributed by atoms with van der Waals surface area (Å²) in [5, 5.41) is 3.02. The molecule has 1 saturated heterocycles. The molecular formula is C14H31Cl2N3O. The first-order valence-electron chi connectivity index (χ1n) is 7.32. The minimum absolute atomic E-state index is 0. The van der Waals surface area contributed by atoms with E-state index in [-0.39, 0.29) is 36.8 Å². The molecule has 1 aliphatic rings. The summed E-state index contributed by atoms with van der Waals surface area (Å²) >= 11 is 0. The topological polar surface area (TPSA) is 58.4 Å². The van der Waals surface area contributed by atoms with Gasteiger partial charge in [0.1, 0.15) is 0 Å². The molecule has 6 heteroatoms. The molecule has 2 atom stereocenters. The number of carbonyl (C=O) groups excluding carboxylic acids is 1. The molecule has 3 N–H and O–H groups in total. The second-order valence-corrected chi connectivity index (χ2v) is 5.76. The van der Waals surface area contributed by atoms with Gasteiger partial charge in [-0.3, -0.25) is 9.69 Å². The maximum atomic E-state index is 11.9. The van der Waals surface area contributed by atoms with Gasteiger partial charge in [-0.2, -0.15) is 0 Å². The molecule has 122 valence electrons. The van der Waals surface area contributed by atoms with Gasteiger partial charge in [0.15, 0.2) is 0 Å². The summed E-state index contributed by atoms with van der Waals surface area (Å²) in [5.74, 6) is 0.470. The third-order valence-electron chi connectivity index (χ3n) is 3.73. The smallest absolute Gasteiger partial charge is 0.236 e. The minimum atomic E-state index is -0.358. The van der Waals surface area contributed by atoms with Crippen LogP contribution in [0, 0.1) is 5.92 Å². The molecule has 20 heavy (non-hydrogen) atoms. The number of piperidine rings is 1. The Hall–Kier alpha value is -0.0300. The zero-order valence-corrected chi connectivity index (χ0v) is 14.6. The molecule has 1 heterocycles. The van der Waals surface area contributed by atoms with Gasteiger partial charge in [-0.05, 0) is 38.3 Å². The Morgan fingerprint density at radius 2 is 2.00 bits per heavy atom. The lowest BCUT2D eigenvalue weighted by Crippen LogP contribution is -2.49. The maximum absolute atomic E-state index is 11.9. The van der Waals surface area contributed by atoms with Crippen LogP contribution in [-0.2, 0) is 4.79 Å². The van der Waals surface area contributed by atoms with Crippen LogP contribution in [0.5, 0.6) is 0 Å². The van der Waals surface area contributed by atoms with Crippen LogP contribution in [-0.4, -0.2) is 42.5 Å². The zero-order chi connectivity index (χ0) is 13.5. The largest absolute Gasteiger partial charge is 0.353 e. The zero-order valence-electron chi connectivity index (χ0n) is 12.9. The van der Waals surface area contributed by atoms with Gasteiger partial charge in [0.2, 0.25) is 5.91 Å². The molecule has 0 aromatic heterocycles. The van der Waals surface area contributed by atoms with Crippen molar-refractivity contribution in [2.45, 2.75) is 58.5 Å². The van der Waals surface area contributed by atoms with E-state index >= 15 is 0 Å². The fourth-order valence-corrected chi connectivity index (χ4v) is 2.67. The van der Waals surface area contributed by atoms with Crippen molar-refractivity contribution in [1.29, 1.82) is 0 Å². The summed E-state index contributed by atoms with van der Waals surface area (Å²) < 4.78 is 0. The lowest BCUT2D eigenvalue weighted by atomic mass is 10.0. The quantitative estimate of drug-likeness (QED) is 0.786. The molecule has 0 saturated carbocycles. The molecule has 0 bridgehead atoms. The van der Waals surface area contributed by atoms with Crippen molar-refractivity contribution in [3.63, 3.8) is 0 Å². The van der Waals surface area contributed by atoms with E-state index in [0.29, 0.717) is 12.0 Å². The third-order valence-corrected chi connectivity index (χ3v) is 3.73. The highest BCUT2D eigenvalue weighted by atomic mass is 35.5. The normalized spacial score (nSPS) is 20.8. The van der Waals surface area contributed by atoms with Crippen LogP contribution < -0.4 is 11.1 Å². The van der Waals surface area contributed by atoms with Crippen molar-refractivity contribution in [2.75, 3.05) is 19.6 Å². The van der Waals surface area contributed by atoms with Gasteiger partial charge in [-0.15, -0.1) is 24.8 Å². The predicted octanol–water partition coefficient (Wildman–Crippen LogP) is 2.19. The summed E-state index contributed by atoms with van der Waals surface area (Å²) in [4.78, 5) is 14.3. The van der Waals surface area contributed by atoms with E-state index in [9.17, 15) is 4.79 Å². The minimum Gasteiger partial charge on any atom is -0.353 e. The van der Waals surface area contributed by atoms with Gasteiger partial charge in [0.05, 0.1) is 6.04 Å². The van der Waals surface area contributed by atoms with E-state index in [2.05, 4.69) is 31.0 Å². The first-order valence-corrected chi connectivity index (χ1v) is 7.32. The second kappa shape index (κ2) is 11.6. The van der Waals surface area contributed by atoms with Gasteiger partial charge >= 0.3 is 0 Å². The standard InChI is InChI=1S/C14H29N3O.2ClH/c1-4-17-8-6-5-7-12(17)10-16-14(18)13(15)9-11(2)3;;/h11-13H,4-10,15H2,1-3H3,(H,16,18);2*1H/t12?,13-;;/m0../s1. The number of nitrogens with two attached hydrogens (primary N) is 1. The van der Waals surface area contributed by atoms with E-state index in [4.69, 9.17) is 5.73 Å². The first kappa shape index (κ1) is 22.3. The Labute approximate surface area is 136 Å². The van der Waals surface area contributed by atoms with Crippen molar-refractivity contribution in [3.05, 3.63) is 0 Å². The Balaban J connectivity index is 0. The molecule has 1 aliphatic heterocycles. The second-order valence-electron chi connectivity index (χ2n) is 5.76. The molecule has 0 radical (unpaired) electrons. The highest BCUT2D eigenvalue weighted by molar-refractivity contribution is 5.85. The third kappa shape index (κ3) is 7.67. The molecule has 0 aromatic carbocycles. The molecular weight excluding hydrogens is 297 g/mol. The van der Waals surface area contributed by atoms with Crippen LogP contribution in [0.2, 0.25) is 0 Å². The van der Waals surface area contributed by atoms with Crippen molar-refractivity contribution in [2.24, 2.45) is 11.7 Å². The maximum Gasteiger partial charge on any atom is 0.236 e. The Kier molecular flexibility index (Phi) is 12.9. The molecule has 0 spiro atoms. The highest BCUT2D eigenvalue weighted by Gasteiger charge is 2.22. The number of hydrogen-bond acceptors (Lipinski definition) is 3. The number of likely N-dealkylation sites (tertiary alicyclic amines) is 1. The van der Waals surface area contributed by atoms with Crippen molar-refractivity contribution in [1.82, 2.24) is 10.2 Å². The molecule has 0 aliphatic carbocycles. The lowest BCUT2D eigenvalue weighted by molar-refractivity contribution is -0.123. The average Bonchev–Trinajstić information content (AvgIpc) is 2.35. The van der Waals surface area contributed by atoms with E-state index < -0.39 is 0 Å². The van der Waals surface area contributed by atoms with E-state index in [1.807, 2.05) is 0 Å². The Bertz CT molecular complexity index is 265. The molecule has 4 nitrogen and oxygen atoms in total. The Morgan fingerprint density at radius 1 is 1.35 bits per heavy atom. The fourth-order valence-electron chi connectivity index (χ4n) is 2.67. The Morgan fingerprint density at radius 3 is 2.55 bits per heavy atom. The predicted molar refractivity (Wildman–Crippen MR) is 89.8 cm³/mol. The summed E-state index contributed by atoms with van der Waals surface area (Å²) in [6.45, 7) is 9.34. The van der Waals surface area contributed by atoms with E-state index in [0.717, 1.165) is 26.1 Å². The number of rotatable bonds is 6. The molecule has 1 amide bonds. The molecule has 1 rings (SSSR count). The van der Waals surface area contributed by atoms with Crippen molar-refractivity contribution in [3.8, 4) is 0 Å². The van der Waals surface area contributed by atoms with Crippen molar-refractivity contribution < 1.29 is 4.79 Å². The van der Waals surface area contributed by atoms with Crippen LogP contribution in [0.4, 0.5) is 0 Å². The summed E-state index contributed by atoms with van der Waals surface area (Å²) in [6, 6.07) is 0.141. The molecule has 0 aromatic rings. The van der Waals surface area contributed by atoms with Crippen LogP contribution in [0.25, 0.3) is 0 Å². The van der Waals surface area contributed by atoms with Crippen LogP contribution in [0.15, 0.2) is 0 Å². The average molecular weight is 328 g/mol. The lowest BCUT2D eigenvalue weighted by Gasteiger charge is -2.35. The van der Waals surface area contributed by atoms with Crippen LogP contribution >= 0.6 is 24.8 Å². The molecule has 1 unspecified atom stereocenters. The SMILES string of the molecule is CCN1CCCCC1CNC(=O)[C@@H](N)CC(C)C.Cl.Cl. The molecule has 1 fully saturated rings. The number of hydrogen-bond donors (Lipinski definition) is 2. The van der Waals surface area contributed by atoms with Crippen LogP contribution in [0.1, 0.15) is 46.5 Å². The monoisotopic (exact) mass is 327 g/mol. The van der Waals surface area contributed by atoms with Gasteiger partial charge in [-0.1, -0.05) is 27.2 Å². The van der Waals surface area contributed by atoms with Gasteiger partial charge < -0.3 is 11.1 Å². The number of likely N-dealkylation sites (N-methyl/N-ethyl adjacent to an activating group) is 1. The van der Waals surface area contributed by atoms with Crippen LogP contribution in [0.3, 0.4) is 0 Å². The summed E-state index contributed by atoms with van der Waals surface area (Å²) in [7, 11) is 0. The van der Waals surface area contributed by atoms with Gasteiger partial charge in [0, 0.05) is 12.6 Å².